The van der Waals surface area contributed by atoms with E-state index in [2.05, 4.69) is 10.2 Å². The molecule has 1 aliphatic rings. The summed E-state index contributed by atoms with van der Waals surface area (Å²) < 4.78 is 27.4. The molecule has 2 aromatic rings. The molecule has 0 saturated carbocycles. The fourth-order valence-electron chi connectivity index (χ4n) is 3.48. The first-order valence-electron chi connectivity index (χ1n) is 10.2. The Morgan fingerprint density at radius 2 is 1.61 bits per heavy atom. The summed E-state index contributed by atoms with van der Waals surface area (Å²) in [5.74, 6) is -2.40. The molecule has 3 N–H and O–H groups in total. The molecule has 0 bridgehead atoms. The maximum atomic E-state index is 13.7. The SMILES string of the molecule is CC(C)(C)NC(=O)c1cccc(CN2CCN(C(=O)c3cc(F)c(N)c(F)c3)CC2)c1. The molecule has 0 unspecified atom stereocenters. The lowest BCUT2D eigenvalue weighted by atomic mass is 10.1. The van der Waals surface area contributed by atoms with Crippen molar-refractivity contribution in [1.82, 2.24) is 15.1 Å². The summed E-state index contributed by atoms with van der Waals surface area (Å²) in [5, 5.41) is 2.95. The Balaban J connectivity index is 1.59. The molecule has 31 heavy (non-hydrogen) atoms. The summed E-state index contributed by atoms with van der Waals surface area (Å²) in [4.78, 5) is 28.8. The molecular weight excluding hydrogens is 402 g/mol. The minimum Gasteiger partial charge on any atom is -0.394 e. The molecule has 1 saturated heterocycles. The van der Waals surface area contributed by atoms with Gasteiger partial charge in [0.2, 0.25) is 0 Å². The van der Waals surface area contributed by atoms with E-state index in [9.17, 15) is 18.4 Å². The molecule has 0 atom stereocenters. The van der Waals surface area contributed by atoms with E-state index in [0.717, 1.165) is 17.7 Å². The van der Waals surface area contributed by atoms with Crippen molar-refractivity contribution in [3.63, 3.8) is 0 Å². The van der Waals surface area contributed by atoms with E-state index < -0.39 is 23.2 Å². The zero-order chi connectivity index (χ0) is 22.8. The van der Waals surface area contributed by atoms with E-state index in [-0.39, 0.29) is 17.0 Å². The van der Waals surface area contributed by atoms with Crippen LogP contribution in [-0.2, 0) is 6.54 Å². The van der Waals surface area contributed by atoms with Crippen LogP contribution in [0, 0.1) is 11.6 Å². The predicted octanol–water partition coefficient (Wildman–Crippen LogP) is 3.03. The monoisotopic (exact) mass is 430 g/mol. The summed E-state index contributed by atoms with van der Waals surface area (Å²) in [6.07, 6.45) is 0. The van der Waals surface area contributed by atoms with Gasteiger partial charge in [-0.05, 0) is 50.6 Å². The molecule has 0 spiro atoms. The van der Waals surface area contributed by atoms with E-state index in [1.807, 2.05) is 39.0 Å². The minimum absolute atomic E-state index is 0.0461. The van der Waals surface area contributed by atoms with E-state index in [0.29, 0.717) is 38.3 Å². The molecule has 166 valence electrons. The van der Waals surface area contributed by atoms with Gasteiger partial charge in [0.25, 0.3) is 11.8 Å². The van der Waals surface area contributed by atoms with Gasteiger partial charge in [0.15, 0.2) is 0 Å². The van der Waals surface area contributed by atoms with Gasteiger partial charge >= 0.3 is 0 Å². The van der Waals surface area contributed by atoms with Gasteiger partial charge in [0, 0.05) is 49.4 Å². The molecule has 0 radical (unpaired) electrons. The topological polar surface area (TPSA) is 78.7 Å². The highest BCUT2D eigenvalue weighted by Crippen LogP contribution is 2.19. The highest BCUT2D eigenvalue weighted by Gasteiger charge is 2.24. The fourth-order valence-corrected chi connectivity index (χ4v) is 3.48. The Labute approximate surface area is 181 Å². The number of nitrogens with two attached hydrogens (primary N) is 1. The summed E-state index contributed by atoms with van der Waals surface area (Å²) in [7, 11) is 0. The molecule has 2 aromatic carbocycles. The highest BCUT2D eigenvalue weighted by molar-refractivity contribution is 5.95. The van der Waals surface area contributed by atoms with Gasteiger partial charge in [-0.1, -0.05) is 12.1 Å². The third kappa shape index (κ3) is 5.79. The largest absolute Gasteiger partial charge is 0.394 e. The number of nitrogen functional groups attached to an aromatic ring is 1. The number of carbonyl (C=O) groups excluding carboxylic acids is 2. The normalized spacial score (nSPS) is 15.1. The summed E-state index contributed by atoms with van der Waals surface area (Å²) in [6.45, 7) is 8.55. The van der Waals surface area contributed by atoms with Gasteiger partial charge in [-0.2, -0.15) is 0 Å². The maximum absolute atomic E-state index is 13.7. The second-order valence-corrected chi connectivity index (χ2v) is 8.83. The highest BCUT2D eigenvalue weighted by atomic mass is 19.1. The smallest absolute Gasteiger partial charge is 0.254 e. The molecule has 1 heterocycles. The molecule has 6 nitrogen and oxygen atoms in total. The molecule has 0 aliphatic carbocycles. The number of benzene rings is 2. The third-order valence-electron chi connectivity index (χ3n) is 5.07. The average molecular weight is 430 g/mol. The van der Waals surface area contributed by atoms with Gasteiger partial charge in [0.1, 0.15) is 17.3 Å². The zero-order valence-corrected chi connectivity index (χ0v) is 18.0. The standard InChI is InChI=1S/C23H28F2N4O2/c1-23(2,3)27-21(30)16-6-4-5-15(11-16)14-28-7-9-29(10-8-28)22(31)17-12-18(24)20(26)19(25)13-17/h4-6,11-13H,7-10,14,26H2,1-3H3,(H,27,30). The summed E-state index contributed by atoms with van der Waals surface area (Å²) >= 11 is 0. The third-order valence-corrected chi connectivity index (χ3v) is 5.07. The van der Waals surface area contributed by atoms with Gasteiger partial charge in [-0.25, -0.2) is 8.78 Å². The van der Waals surface area contributed by atoms with Crippen LogP contribution >= 0.6 is 0 Å². The number of nitrogens with one attached hydrogen (secondary N) is 1. The Morgan fingerprint density at radius 3 is 2.19 bits per heavy atom. The van der Waals surface area contributed by atoms with Crippen LogP contribution in [0.3, 0.4) is 0 Å². The van der Waals surface area contributed by atoms with Crippen molar-refractivity contribution in [2.75, 3.05) is 31.9 Å². The lowest BCUT2D eigenvalue weighted by Crippen LogP contribution is -2.48. The van der Waals surface area contributed by atoms with E-state index >= 15 is 0 Å². The van der Waals surface area contributed by atoms with E-state index in [1.54, 1.807) is 11.0 Å². The van der Waals surface area contributed by atoms with Crippen LogP contribution < -0.4 is 11.1 Å². The Kier molecular flexibility index (Phi) is 6.59. The van der Waals surface area contributed by atoms with Gasteiger partial charge < -0.3 is 16.0 Å². The maximum Gasteiger partial charge on any atom is 0.254 e. The summed E-state index contributed by atoms with van der Waals surface area (Å²) in [5.41, 5.74) is 5.94. The van der Waals surface area contributed by atoms with Crippen LogP contribution in [0.2, 0.25) is 0 Å². The number of hydrogen-bond donors (Lipinski definition) is 2. The zero-order valence-electron chi connectivity index (χ0n) is 18.0. The number of carbonyl (C=O) groups is 2. The van der Waals surface area contributed by atoms with Crippen LogP contribution in [0.15, 0.2) is 36.4 Å². The van der Waals surface area contributed by atoms with Gasteiger partial charge in [0.05, 0.1) is 0 Å². The van der Waals surface area contributed by atoms with Crippen LogP contribution in [0.5, 0.6) is 0 Å². The first-order valence-corrected chi connectivity index (χ1v) is 10.2. The first kappa shape index (κ1) is 22.7. The molecule has 3 rings (SSSR count). The molecular formula is C23H28F2N4O2. The van der Waals surface area contributed by atoms with Crippen LogP contribution in [0.4, 0.5) is 14.5 Å². The number of nitrogens with zero attached hydrogens (tertiary/aromatic N) is 2. The van der Waals surface area contributed by atoms with Crippen molar-refractivity contribution in [3.8, 4) is 0 Å². The van der Waals surface area contributed by atoms with Crippen molar-refractivity contribution in [2.24, 2.45) is 0 Å². The minimum atomic E-state index is -0.933. The van der Waals surface area contributed by atoms with Crippen molar-refractivity contribution in [3.05, 3.63) is 64.7 Å². The Morgan fingerprint density at radius 1 is 1.00 bits per heavy atom. The second-order valence-electron chi connectivity index (χ2n) is 8.83. The number of hydrogen-bond acceptors (Lipinski definition) is 4. The van der Waals surface area contributed by atoms with E-state index in [1.165, 1.54) is 0 Å². The Bertz CT molecular complexity index is 957. The molecule has 8 heteroatoms. The quantitative estimate of drug-likeness (QED) is 0.731. The number of anilines is 1. The lowest BCUT2D eigenvalue weighted by molar-refractivity contribution is 0.0627. The van der Waals surface area contributed by atoms with Crippen LogP contribution in [0.25, 0.3) is 0 Å². The molecule has 1 fully saturated rings. The van der Waals surface area contributed by atoms with Crippen molar-refractivity contribution >= 4 is 17.5 Å². The fraction of sp³-hybridized carbons (Fsp3) is 0.391. The van der Waals surface area contributed by atoms with Crippen molar-refractivity contribution in [1.29, 1.82) is 0 Å². The number of amides is 2. The first-order chi connectivity index (χ1) is 14.5. The van der Waals surface area contributed by atoms with Crippen LogP contribution in [-0.4, -0.2) is 53.3 Å². The van der Waals surface area contributed by atoms with Crippen molar-refractivity contribution < 1.29 is 18.4 Å². The predicted molar refractivity (Wildman–Crippen MR) is 116 cm³/mol. The average Bonchev–Trinajstić information content (AvgIpc) is 2.70. The lowest BCUT2D eigenvalue weighted by Gasteiger charge is -2.35. The second kappa shape index (κ2) is 9.01. The van der Waals surface area contributed by atoms with Crippen LogP contribution in [0.1, 0.15) is 47.1 Å². The summed E-state index contributed by atoms with van der Waals surface area (Å²) in [6, 6.07) is 9.43. The molecule has 0 aromatic heterocycles. The Hall–Kier alpha value is -3.00. The number of halogens is 2. The number of rotatable bonds is 4. The molecule has 1 aliphatic heterocycles. The van der Waals surface area contributed by atoms with E-state index in [4.69, 9.17) is 5.73 Å². The van der Waals surface area contributed by atoms with Crippen molar-refractivity contribution in [2.45, 2.75) is 32.9 Å². The molecule has 2 amide bonds. The number of piperazine rings is 1. The van der Waals surface area contributed by atoms with Gasteiger partial charge in [-0.15, -0.1) is 0 Å². The van der Waals surface area contributed by atoms with Gasteiger partial charge in [-0.3, -0.25) is 14.5 Å².